The molecule has 33 heavy (non-hydrogen) atoms. The number of carbonyl (C=O) groups is 1. The van der Waals surface area contributed by atoms with Gasteiger partial charge in [0.2, 0.25) is 10.0 Å². The first-order valence-electron chi connectivity index (χ1n) is 11.0. The number of rotatable bonds is 3. The zero-order valence-electron chi connectivity index (χ0n) is 18.4. The molecule has 1 saturated heterocycles. The summed E-state index contributed by atoms with van der Waals surface area (Å²) in [5, 5.41) is 3.21. The van der Waals surface area contributed by atoms with E-state index in [0.29, 0.717) is 24.3 Å². The number of anilines is 2. The summed E-state index contributed by atoms with van der Waals surface area (Å²) in [6.07, 6.45) is -0.591. The first-order valence-corrected chi connectivity index (χ1v) is 12.5. The van der Waals surface area contributed by atoms with Crippen LogP contribution in [0.4, 0.5) is 11.4 Å². The van der Waals surface area contributed by atoms with Gasteiger partial charge in [0, 0.05) is 37.4 Å². The minimum absolute atomic E-state index is 0.00651. The van der Waals surface area contributed by atoms with Crippen molar-refractivity contribution in [3.63, 3.8) is 0 Å². The lowest BCUT2D eigenvalue weighted by Crippen LogP contribution is -2.48. The smallest absolute Gasteiger partial charge is 0.253 e. The number of nitrogens with zero attached hydrogens (tertiary/aromatic N) is 2. The van der Waals surface area contributed by atoms with Crippen LogP contribution in [0, 0.1) is 6.92 Å². The predicted molar refractivity (Wildman–Crippen MR) is 129 cm³/mol. The van der Waals surface area contributed by atoms with Crippen molar-refractivity contribution in [1.29, 1.82) is 0 Å². The van der Waals surface area contributed by atoms with E-state index in [1.54, 1.807) is 48.5 Å². The molecular formula is C25H26N4O3S. The van der Waals surface area contributed by atoms with E-state index in [0.717, 1.165) is 18.7 Å². The van der Waals surface area contributed by atoms with Gasteiger partial charge in [-0.3, -0.25) is 4.79 Å². The monoisotopic (exact) mass is 462 g/mol. The molecule has 3 aromatic rings. The normalized spacial score (nSPS) is 19.5. The molecular weight excluding hydrogens is 436 g/mol. The second-order valence-corrected chi connectivity index (χ2v) is 10.1. The van der Waals surface area contributed by atoms with Gasteiger partial charge in [-0.2, -0.15) is 4.72 Å². The van der Waals surface area contributed by atoms with Crippen molar-refractivity contribution in [2.45, 2.75) is 18.0 Å². The number of hydrogen-bond donors (Lipinski definition) is 2. The quantitative estimate of drug-likeness (QED) is 0.624. The predicted octanol–water partition coefficient (Wildman–Crippen LogP) is 3.36. The second kappa shape index (κ2) is 8.53. The van der Waals surface area contributed by atoms with Crippen LogP contribution in [0.1, 0.15) is 27.7 Å². The van der Waals surface area contributed by atoms with Gasteiger partial charge in [-0.05, 0) is 54.4 Å². The van der Waals surface area contributed by atoms with Crippen LogP contribution in [0.5, 0.6) is 0 Å². The van der Waals surface area contributed by atoms with Gasteiger partial charge >= 0.3 is 0 Å². The van der Waals surface area contributed by atoms with Crippen molar-refractivity contribution in [3.8, 4) is 0 Å². The summed E-state index contributed by atoms with van der Waals surface area (Å²) in [6, 6.07) is 22.3. The Balaban J connectivity index is 1.25. The molecule has 2 heterocycles. The minimum atomic E-state index is -3.61. The summed E-state index contributed by atoms with van der Waals surface area (Å²) < 4.78 is 27.8. The van der Waals surface area contributed by atoms with Gasteiger partial charge < -0.3 is 15.1 Å². The molecule has 1 amide bonds. The van der Waals surface area contributed by atoms with Crippen LogP contribution >= 0.6 is 0 Å². The number of aryl methyl sites for hydroxylation is 1. The zero-order chi connectivity index (χ0) is 23.0. The van der Waals surface area contributed by atoms with Gasteiger partial charge in [-0.15, -0.1) is 0 Å². The standard InChI is InChI=1S/C25H26N4O3S/c1-18-5-4-6-21(17-18)28-13-15-29(16-14-28)25(30)20-11-9-19(10-12-20)24-26-22-7-2-3-8-23(22)33(31,32)27-24/h2-12,17,24,26-27H,13-16H2,1H3. The Kier molecular flexibility index (Phi) is 5.55. The average Bonchev–Trinajstić information content (AvgIpc) is 2.83. The Bertz CT molecular complexity index is 1280. The van der Waals surface area contributed by atoms with E-state index in [1.165, 1.54) is 11.3 Å². The van der Waals surface area contributed by atoms with Crippen LogP contribution < -0.4 is 14.9 Å². The van der Waals surface area contributed by atoms with Crippen LogP contribution in [-0.2, 0) is 10.0 Å². The maximum Gasteiger partial charge on any atom is 0.253 e. The summed E-state index contributed by atoms with van der Waals surface area (Å²) in [5.74, 6) is -0.00651. The van der Waals surface area contributed by atoms with Gasteiger partial charge in [0.05, 0.1) is 5.69 Å². The highest BCUT2D eigenvalue weighted by molar-refractivity contribution is 7.89. The minimum Gasteiger partial charge on any atom is -0.368 e. The topological polar surface area (TPSA) is 81.8 Å². The molecule has 1 unspecified atom stereocenters. The third kappa shape index (κ3) is 4.31. The number of amides is 1. The summed E-state index contributed by atoms with van der Waals surface area (Å²) in [5.41, 5.74) is 4.32. The van der Waals surface area contributed by atoms with Crippen molar-refractivity contribution < 1.29 is 13.2 Å². The number of benzene rings is 3. The Morgan fingerprint density at radius 3 is 2.36 bits per heavy atom. The van der Waals surface area contributed by atoms with E-state index in [2.05, 4.69) is 46.1 Å². The molecule has 1 atom stereocenters. The molecule has 0 aliphatic carbocycles. The van der Waals surface area contributed by atoms with E-state index in [9.17, 15) is 13.2 Å². The Hall–Kier alpha value is -3.36. The lowest BCUT2D eigenvalue weighted by Gasteiger charge is -2.36. The third-order valence-electron chi connectivity index (χ3n) is 6.17. The number of nitrogens with one attached hydrogen (secondary N) is 2. The molecule has 170 valence electrons. The van der Waals surface area contributed by atoms with E-state index in [4.69, 9.17) is 0 Å². The van der Waals surface area contributed by atoms with Crippen LogP contribution in [0.3, 0.4) is 0 Å². The molecule has 5 rings (SSSR count). The van der Waals surface area contributed by atoms with Crippen molar-refractivity contribution in [3.05, 3.63) is 89.5 Å². The lowest BCUT2D eigenvalue weighted by molar-refractivity contribution is 0.0746. The fraction of sp³-hybridized carbons (Fsp3) is 0.240. The largest absolute Gasteiger partial charge is 0.368 e. The molecule has 7 nitrogen and oxygen atoms in total. The molecule has 3 aromatic carbocycles. The maximum absolute atomic E-state index is 13.0. The van der Waals surface area contributed by atoms with Crippen LogP contribution in [0.2, 0.25) is 0 Å². The number of piperazine rings is 1. The van der Waals surface area contributed by atoms with E-state index in [-0.39, 0.29) is 10.8 Å². The molecule has 1 fully saturated rings. The first kappa shape index (κ1) is 21.5. The number of fused-ring (bicyclic) bond motifs is 1. The first-order chi connectivity index (χ1) is 15.9. The molecule has 8 heteroatoms. The Morgan fingerprint density at radius 1 is 0.909 bits per heavy atom. The van der Waals surface area contributed by atoms with Crippen molar-refractivity contribution >= 4 is 27.3 Å². The number of hydrogen-bond acceptors (Lipinski definition) is 5. The highest BCUT2D eigenvalue weighted by Gasteiger charge is 2.30. The molecule has 0 spiro atoms. The fourth-order valence-corrected chi connectivity index (χ4v) is 5.67. The molecule has 0 radical (unpaired) electrons. The summed E-state index contributed by atoms with van der Waals surface area (Å²) in [7, 11) is -3.61. The van der Waals surface area contributed by atoms with Gasteiger partial charge in [-0.25, -0.2) is 8.42 Å². The fourth-order valence-electron chi connectivity index (χ4n) is 4.37. The summed E-state index contributed by atoms with van der Waals surface area (Å²) >= 11 is 0. The molecule has 0 saturated carbocycles. The SMILES string of the molecule is Cc1cccc(N2CCN(C(=O)c3ccc(C4Nc5ccccc5S(=O)(=O)N4)cc3)CC2)c1. The maximum atomic E-state index is 13.0. The van der Waals surface area contributed by atoms with Crippen molar-refractivity contribution in [2.24, 2.45) is 0 Å². The highest BCUT2D eigenvalue weighted by atomic mass is 32.2. The second-order valence-electron chi connectivity index (χ2n) is 8.44. The van der Waals surface area contributed by atoms with Gasteiger partial charge in [0.1, 0.15) is 11.1 Å². The van der Waals surface area contributed by atoms with Crippen LogP contribution in [0.25, 0.3) is 0 Å². The van der Waals surface area contributed by atoms with Crippen molar-refractivity contribution in [1.82, 2.24) is 9.62 Å². The van der Waals surface area contributed by atoms with E-state index in [1.807, 2.05) is 4.90 Å². The van der Waals surface area contributed by atoms with Crippen LogP contribution in [-0.4, -0.2) is 45.4 Å². The van der Waals surface area contributed by atoms with Crippen molar-refractivity contribution in [2.75, 3.05) is 36.4 Å². The number of para-hydroxylation sites is 1. The number of sulfonamides is 1. The summed E-state index contributed by atoms with van der Waals surface area (Å²) in [6.45, 7) is 4.99. The Labute approximate surface area is 194 Å². The molecule has 2 N–H and O–H groups in total. The molecule has 2 aliphatic heterocycles. The van der Waals surface area contributed by atoms with E-state index >= 15 is 0 Å². The summed E-state index contributed by atoms with van der Waals surface area (Å²) in [4.78, 5) is 17.4. The average molecular weight is 463 g/mol. The molecule has 0 aromatic heterocycles. The highest BCUT2D eigenvalue weighted by Crippen LogP contribution is 2.31. The zero-order valence-corrected chi connectivity index (χ0v) is 19.2. The van der Waals surface area contributed by atoms with E-state index < -0.39 is 16.2 Å². The van der Waals surface area contributed by atoms with Gasteiger partial charge in [0.15, 0.2) is 0 Å². The number of carbonyl (C=O) groups excluding carboxylic acids is 1. The van der Waals surface area contributed by atoms with Crippen LogP contribution in [0.15, 0.2) is 77.7 Å². The van der Waals surface area contributed by atoms with Gasteiger partial charge in [-0.1, -0.05) is 36.4 Å². The molecule has 2 aliphatic rings. The van der Waals surface area contributed by atoms with Gasteiger partial charge in [0.25, 0.3) is 5.91 Å². The molecule has 0 bridgehead atoms. The lowest BCUT2D eigenvalue weighted by atomic mass is 10.1. The third-order valence-corrected chi connectivity index (χ3v) is 7.66. The Morgan fingerprint density at radius 2 is 1.64 bits per heavy atom.